The number of nitrogens with zero attached hydrogens (tertiary/aromatic N) is 3. The van der Waals surface area contributed by atoms with E-state index in [4.69, 9.17) is 4.74 Å². The van der Waals surface area contributed by atoms with Crippen LogP contribution in [0.5, 0.6) is 11.5 Å². The molecule has 0 bridgehead atoms. The number of non-ortho nitro benzene ring substituents is 1. The van der Waals surface area contributed by atoms with Gasteiger partial charge in [0.1, 0.15) is 16.4 Å². The van der Waals surface area contributed by atoms with Gasteiger partial charge in [-0.15, -0.1) is 0 Å². The summed E-state index contributed by atoms with van der Waals surface area (Å²) in [5.41, 5.74) is 1.61. The summed E-state index contributed by atoms with van der Waals surface area (Å²) in [7, 11) is 1.13. The van der Waals surface area contributed by atoms with Crippen LogP contribution in [-0.2, 0) is 10.0 Å². The Balaban J connectivity index is 2.50. The van der Waals surface area contributed by atoms with Crippen molar-refractivity contribution in [2.45, 2.75) is 18.7 Å². The Kier molecular flexibility index (Phi) is 6.76. The van der Waals surface area contributed by atoms with Gasteiger partial charge in [0, 0.05) is 32.3 Å². The third-order valence-corrected chi connectivity index (χ3v) is 5.99. The SMILES string of the molecule is Cc1cc(C)cc(Oc2ccc([N+](=O)[O-])cc2S(=O)(=O)N(C)CCN(C)C)c1. The minimum atomic E-state index is -3.98. The van der Waals surface area contributed by atoms with E-state index in [9.17, 15) is 18.5 Å². The lowest BCUT2D eigenvalue weighted by molar-refractivity contribution is -0.385. The maximum absolute atomic E-state index is 13.1. The minimum Gasteiger partial charge on any atom is -0.456 e. The van der Waals surface area contributed by atoms with E-state index < -0.39 is 14.9 Å². The predicted octanol–water partition coefficient (Wildman–Crippen LogP) is 3.19. The van der Waals surface area contributed by atoms with Crippen molar-refractivity contribution < 1.29 is 18.1 Å². The summed E-state index contributed by atoms with van der Waals surface area (Å²) in [6.07, 6.45) is 0. The molecule has 0 aliphatic carbocycles. The van der Waals surface area contributed by atoms with E-state index in [1.165, 1.54) is 23.5 Å². The number of benzene rings is 2. The van der Waals surface area contributed by atoms with Gasteiger partial charge in [-0.05, 0) is 57.3 Å². The van der Waals surface area contributed by atoms with E-state index in [1.54, 1.807) is 12.1 Å². The van der Waals surface area contributed by atoms with Gasteiger partial charge in [0.2, 0.25) is 10.0 Å². The van der Waals surface area contributed by atoms with Gasteiger partial charge in [-0.3, -0.25) is 10.1 Å². The van der Waals surface area contributed by atoms with Gasteiger partial charge in [0.15, 0.2) is 0 Å². The average molecular weight is 407 g/mol. The Labute approximate surface area is 165 Å². The number of hydrogen-bond acceptors (Lipinski definition) is 6. The van der Waals surface area contributed by atoms with E-state index in [0.717, 1.165) is 17.2 Å². The van der Waals surface area contributed by atoms with Crippen molar-refractivity contribution in [1.82, 2.24) is 9.21 Å². The van der Waals surface area contributed by atoms with Crippen molar-refractivity contribution in [3.8, 4) is 11.5 Å². The van der Waals surface area contributed by atoms with E-state index in [0.29, 0.717) is 12.3 Å². The number of rotatable bonds is 8. The van der Waals surface area contributed by atoms with Gasteiger partial charge in [0.05, 0.1) is 4.92 Å². The zero-order valence-corrected chi connectivity index (χ0v) is 17.5. The molecule has 0 aliphatic heterocycles. The zero-order valence-electron chi connectivity index (χ0n) is 16.7. The first-order valence-corrected chi connectivity index (χ1v) is 10.1. The second kappa shape index (κ2) is 8.68. The van der Waals surface area contributed by atoms with Crippen LogP contribution >= 0.6 is 0 Å². The summed E-state index contributed by atoms with van der Waals surface area (Å²) in [6, 6.07) is 9.12. The van der Waals surface area contributed by atoms with Crippen LogP contribution in [0.4, 0.5) is 5.69 Å². The monoisotopic (exact) mass is 407 g/mol. The first-order valence-electron chi connectivity index (χ1n) is 8.66. The fourth-order valence-electron chi connectivity index (χ4n) is 2.64. The Bertz CT molecular complexity index is 953. The number of nitro benzene ring substituents is 1. The number of ether oxygens (including phenoxy) is 1. The highest BCUT2D eigenvalue weighted by molar-refractivity contribution is 7.89. The van der Waals surface area contributed by atoms with Gasteiger partial charge in [-0.25, -0.2) is 8.42 Å². The molecule has 0 atom stereocenters. The molecule has 2 aromatic carbocycles. The molecule has 152 valence electrons. The third-order valence-electron chi connectivity index (χ3n) is 4.11. The second-order valence-electron chi connectivity index (χ2n) is 6.94. The molecule has 0 radical (unpaired) electrons. The van der Waals surface area contributed by atoms with Crippen molar-refractivity contribution >= 4 is 15.7 Å². The van der Waals surface area contributed by atoms with E-state index in [2.05, 4.69) is 0 Å². The number of hydrogen-bond donors (Lipinski definition) is 0. The molecule has 2 aromatic rings. The van der Waals surface area contributed by atoms with Crippen molar-refractivity contribution in [2.75, 3.05) is 34.2 Å². The van der Waals surface area contributed by atoms with E-state index in [-0.39, 0.29) is 22.9 Å². The van der Waals surface area contributed by atoms with E-state index in [1.807, 2.05) is 38.9 Å². The Morgan fingerprint density at radius 1 is 1.00 bits per heavy atom. The smallest absolute Gasteiger partial charge is 0.271 e. The summed E-state index contributed by atoms with van der Waals surface area (Å²) in [5, 5.41) is 11.2. The van der Waals surface area contributed by atoms with Crippen LogP contribution in [0.1, 0.15) is 11.1 Å². The first-order chi connectivity index (χ1) is 13.0. The zero-order chi connectivity index (χ0) is 21.1. The van der Waals surface area contributed by atoms with Crippen LogP contribution in [0.25, 0.3) is 0 Å². The van der Waals surface area contributed by atoms with Crippen LogP contribution < -0.4 is 4.74 Å². The summed E-state index contributed by atoms with van der Waals surface area (Å²) in [4.78, 5) is 12.2. The summed E-state index contributed by atoms with van der Waals surface area (Å²) in [6.45, 7) is 4.56. The standard InChI is InChI=1S/C19H25N3O5S/c1-14-10-15(2)12-17(11-14)27-18-7-6-16(22(23)24)13-19(18)28(25,26)21(5)9-8-20(3)4/h6-7,10-13H,8-9H2,1-5H3. The maximum atomic E-state index is 13.1. The molecule has 0 amide bonds. The van der Waals surface area contributed by atoms with Crippen molar-refractivity contribution in [2.24, 2.45) is 0 Å². The summed E-state index contributed by atoms with van der Waals surface area (Å²) < 4.78 is 33.1. The number of nitro groups is 1. The lowest BCUT2D eigenvalue weighted by Crippen LogP contribution is -2.33. The molecular formula is C19H25N3O5S. The molecule has 0 spiro atoms. The molecule has 0 aliphatic rings. The van der Waals surface area contributed by atoms with E-state index >= 15 is 0 Å². The summed E-state index contributed by atoms with van der Waals surface area (Å²) in [5.74, 6) is 0.519. The highest BCUT2D eigenvalue weighted by Crippen LogP contribution is 2.34. The van der Waals surface area contributed by atoms with Crippen molar-refractivity contribution in [1.29, 1.82) is 0 Å². The van der Waals surface area contributed by atoms with Crippen LogP contribution in [0.15, 0.2) is 41.3 Å². The molecule has 9 heteroatoms. The normalized spacial score (nSPS) is 11.8. The van der Waals surface area contributed by atoms with Gasteiger partial charge in [0.25, 0.3) is 5.69 Å². The number of aryl methyl sites for hydroxylation is 2. The van der Waals surface area contributed by atoms with Crippen LogP contribution in [0, 0.1) is 24.0 Å². The first kappa shape index (κ1) is 21.8. The molecule has 8 nitrogen and oxygen atoms in total. The molecule has 2 rings (SSSR count). The van der Waals surface area contributed by atoms with Gasteiger partial charge in [-0.1, -0.05) is 6.07 Å². The highest BCUT2D eigenvalue weighted by atomic mass is 32.2. The topological polar surface area (TPSA) is 93.0 Å². The quantitative estimate of drug-likeness (QED) is 0.493. The molecule has 0 N–H and O–H groups in total. The molecule has 0 saturated heterocycles. The van der Waals surface area contributed by atoms with Gasteiger partial charge >= 0.3 is 0 Å². The highest BCUT2D eigenvalue weighted by Gasteiger charge is 2.28. The molecular weight excluding hydrogens is 382 g/mol. The third kappa shape index (κ3) is 5.28. The van der Waals surface area contributed by atoms with Gasteiger partial charge in [-0.2, -0.15) is 4.31 Å². The fraction of sp³-hybridized carbons (Fsp3) is 0.368. The number of sulfonamides is 1. The van der Waals surface area contributed by atoms with Crippen LogP contribution in [-0.4, -0.2) is 56.8 Å². The maximum Gasteiger partial charge on any atom is 0.271 e. The fourth-order valence-corrected chi connectivity index (χ4v) is 3.94. The average Bonchev–Trinajstić information content (AvgIpc) is 2.58. The minimum absolute atomic E-state index is 0.0484. The lowest BCUT2D eigenvalue weighted by atomic mass is 10.1. The van der Waals surface area contributed by atoms with Crippen molar-refractivity contribution in [3.05, 3.63) is 57.6 Å². The molecule has 0 unspecified atom stereocenters. The Morgan fingerprint density at radius 3 is 2.14 bits per heavy atom. The molecule has 28 heavy (non-hydrogen) atoms. The largest absolute Gasteiger partial charge is 0.456 e. The predicted molar refractivity (Wildman–Crippen MR) is 107 cm³/mol. The molecule has 0 saturated carbocycles. The molecule has 0 aromatic heterocycles. The summed E-state index contributed by atoms with van der Waals surface area (Å²) >= 11 is 0. The van der Waals surface area contributed by atoms with Crippen LogP contribution in [0.3, 0.4) is 0 Å². The molecule has 0 fully saturated rings. The number of likely N-dealkylation sites (N-methyl/N-ethyl adjacent to an activating group) is 2. The van der Waals surface area contributed by atoms with Crippen LogP contribution in [0.2, 0.25) is 0 Å². The second-order valence-corrected chi connectivity index (χ2v) is 8.96. The molecule has 0 heterocycles. The van der Waals surface area contributed by atoms with Crippen molar-refractivity contribution in [3.63, 3.8) is 0 Å². The Morgan fingerprint density at radius 2 is 1.61 bits per heavy atom. The Hall–Kier alpha value is -2.49. The van der Waals surface area contributed by atoms with Gasteiger partial charge < -0.3 is 9.64 Å². The lowest BCUT2D eigenvalue weighted by Gasteiger charge is -2.21.